The molecule has 2 rings (SSSR count). The Morgan fingerprint density at radius 1 is 1.00 bits per heavy atom. The van der Waals surface area contributed by atoms with Crippen molar-refractivity contribution in [2.75, 3.05) is 0 Å². The molecule has 0 radical (unpaired) electrons. The van der Waals surface area contributed by atoms with Crippen molar-refractivity contribution in [3.05, 3.63) is 70.3 Å². The summed E-state index contributed by atoms with van der Waals surface area (Å²) in [5.41, 5.74) is 9.57. The standard InChI is InChI=1S/C17H19F2N/c1-3-11-8-9-13(10-12(11)4-2)17(20)14-6-5-7-15(18)16(14)19/h5-10,17H,3-4,20H2,1-2H3. The van der Waals surface area contributed by atoms with E-state index in [4.69, 9.17) is 5.73 Å². The van der Waals surface area contributed by atoms with Crippen LogP contribution in [-0.4, -0.2) is 0 Å². The first-order valence-corrected chi connectivity index (χ1v) is 6.89. The van der Waals surface area contributed by atoms with Gasteiger partial charge < -0.3 is 5.73 Å². The lowest BCUT2D eigenvalue weighted by molar-refractivity contribution is 0.494. The van der Waals surface area contributed by atoms with E-state index < -0.39 is 17.7 Å². The average Bonchev–Trinajstić information content (AvgIpc) is 2.48. The second-order valence-electron chi connectivity index (χ2n) is 4.86. The van der Waals surface area contributed by atoms with Gasteiger partial charge in [0.15, 0.2) is 11.6 Å². The van der Waals surface area contributed by atoms with Gasteiger partial charge >= 0.3 is 0 Å². The molecule has 0 aliphatic heterocycles. The number of hydrogen-bond donors (Lipinski definition) is 1. The monoisotopic (exact) mass is 275 g/mol. The van der Waals surface area contributed by atoms with Gasteiger partial charge in [-0.2, -0.15) is 0 Å². The first kappa shape index (κ1) is 14.7. The lowest BCUT2D eigenvalue weighted by Gasteiger charge is -2.16. The van der Waals surface area contributed by atoms with Crippen molar-refractivity contribution in [2.45, 2.75) is 32.7 Å². The van der Waals surface area contributed by atoms with Gasteiger partial charge in [-0.1, -0.05) is 44.2 Å². The molecule has 1 atom stereocenters. The first-order valence-electron chi connectivity index (χ1n) is 6.89. The SMILES string of the molecule is CCc1ccc(C(N)c2cccc(F)c2F)cc1CC. The first-order chi connectivity index (χ1) is 9.58. The third kappa shape index (κ3) is 2.73. The van der Waals surface area contributed by atoms with E-state index >= 15 is 0 Å². The second kappa shape index (κ2) is 6.14. The zero-order valence-electron chi connectivity index (χ0n) is 11.8. The van der Waals surface area contributed by atoms with Gasteiger partial charge in [0, 0.05) is 5.56 Å². The van der Waals surface area contributed by atoms with Gasteiger partial charge in [-0.05, 0) is 35.6 Å². The van der Waals surface area contributed by atoms with E-state index in [-0.39, 0.29) is 5.56 Å². The summed E-state index contributed by atoms with van der Waals surface area (Å²) in [5.74, 6) is -1.73. The third-order valence-electron chi connectivity index (χ3n) is 3.67. The highest BCUT2D eigenvalue weighted by Gasteiger charge is 2.17. The highest BCUT2D eigenvalue weighted by molar-refractivity contribution is 5.38. The minimum Gasteiger partial charge on any atom is -0.320 e. The molecule has 0 heterocycles. The number of rotatable bonds is 4. The molecule has 0 saturated heterocycles. The van der Waals surface area contributed by atoms with Crippen LogP contribution < -0.4 is 5.73 Å². The summed E-state index contributed by atoms with van der Waals surface area (Å²) in [6.07, 6.45) is 1.85. The lowest BCUT2D eigenvalue weighted by atomic mass is 9.93. The molecule has 1 unspecified atom stereocenters. The van der Waals surface area contributed by atoms with E-state index in [1.54, 1.807) is 0 Å². The fraction of sp³-hybridized carbons (Fsp3) is 0.294. The summed E-state index contributed by atoms with van der Waals surface area (Å²) >= 11 is 0. The molecule has 0 saturated carbocycles. The molecule has 0 amide bonds. The molecular weight excluding hydrogens is 256 g/mol. The summed E-state index contributed by atoms with van der Waals surface area (Å²) < 4.78 is 27.1. The van der Waals surface area contributed by atoms with E-state index in [0.717, 1.165) is 24.5 Å². The Labute approximate surface area is 118 Å². The van der Waals surface area contributed by atoms with Gasteiger partial charge in [-0.3, -0.25) is 0 Å². The van der Waals surface area contributed by atoms with Gasteiger partial charge in [0.05, 0.1) is 6.04 Å². The van der Waals surface area contributed by atoms with E-state index in [1.807, 2.05) is 18.2 Å². The van der Waals surface area contributed by atoms with Crippen molar-refractivity contribution in [2.24, 2.45) is 5.73 Å². The zero-order valence-corrected chi connectivity index (χ0v) is 11.8. The molecule has 2 aromatic carbocycles. The van der Waals surface area contributed by atoms with Crippen LogP contribution in [0.1, 0.15) is 42.1 Å². The normalized spacial score (nSPS) is 12.4. The van der Waals surface area contributed by atoms with Crippen LogP contribution in [0.4, 0.5) is 8.78 Å². The summed E-state index contributed by atoms with van der Waals surface area (Å²) in [6.45, 7) is 4.17. The molecule has 0 aliphatic carbocycles. The number of benzene rings is 2. The van der Waals surface area contributed by atoms with Gasteiger partial charge in [-0.15, -0.1) is 0 Å². The molecule has 2 aromatic rings. The van der Waals surface area contributed by atoms with Crippen LogP contribution in [0.15, 0.2) is 36.4 Å². The van der Waals surface area contributed by atoms with Gasteiger partial charge in [0.25, 0.3) is 0 Å². The molecule has 2 N–H and O–H groups in total. The Morgan fingerprint density at radius 3 is 2.35 bits per heavy atom. The van der Waals surface area contributed by atoms with E-state index in [0.29, 0.717) is 0 Å². The molecule has 1 nitrogen and oxygen atoms in total. The quantitative estimate of drug-likeness (QED) is 0.891. The van der Waals surface area contributed by atoms with Gasteiger partial charge in [-0.25, -0.2) is 8.78 Å². The summed E-state index contributed by atoms with van der Waals surface area (Å²) in [6, 6.07) is 9.37. The fourth-order valence-electron chi connectivity index (χ4n) is 2.45. The Morgan fingerprint density at radius 2 is 1.70 bits per heavy atom. The molecular formula is C17H19F2N. The van der Waals surface area contributed by atoms with E-state index in [9.17, 15) is 8.78 Å². The minimum atomic E-state index is -0.863. The van der Waals surface area contributed by atoms with E-state index in [1.165, 1.54) is 23.3 Å². The van der Waals surface area contributed by atoms with Crippen LogP contribution >= 0.6 is 0 Å². The Balaban J connectivity index is 2.43. The molecule has 106 valence electrons. The van der Waals surface area contributed by atoms with Crippen molar-refractivity contribution in [1.82, 2.24) is 0 Å². The van der Waals surface area contributed by atoms with Crippen LogP contribution in [0, 0.1) is 11.6 Å². The smallest absolute Gasteiger partial charge is 0.163 e. The molecule has 0 aliphatic rings. The van der Waals surface area contributed by atoms with Crippen molar-refractivity contribution in [3.63, 3.8) is 0 Å². The maximum atomic E-state index is 13.8. The van der Waals surface area contributed by atoms with Gasteiger partial charge in [0.2, 0.25) is 0 Å². The maximum Gasteiger partial charge on any atom is 0.163 e. The minimum absolute atomic E-state index is 0.191. The lowest BCUT2D eigenvalue weighted by Crippen LogP contribution is -2.15. The molecule has 0 spiro atoms. The van der Waals surface area contributed by atoms with E-state index in [2.05, 4.69) is 13.8 Å². The van der Waals surface area contributed by atoms with Crippen LogP contribution in [0.5, 0.6) is 0 Å². The number of halogens is 2. The Bertz CT molecular complexity index is 608. The largest absolute Gasteiger partial charge is 0.320 e. The highest BCUT2D eigenvalue weighted by Crippen LogP contribution is 2.25. The summed E-state index contributed by atoms with van der Waals surface area (Å²) in [4.78, 5) is 0. The number of nitrogens with two attached hydrogens (primary N) is 1. The van der Waals surface area contributed by atoms with Crippen molar-refractivity contribution >= 4 is 0 Å². The van der Waals surface area contributed by atoms with Gasteiger partial charge in [0.1, 0.15) is 0 Å². The fourth-order valence-corrected chi connectivity index (χ4v) is 2.45. The highest BCUT2D eigenvalue weighted by atomic mass is 19.2. The maximum absolute atomic E-state index is 13.8. The molecule has 0 aromatic heterocycles. The van der Waals surface area contributed by atoms with Crippen molar-refractivity contribution in [3.8, 4) is 0 Å². The van der Waals surface area contributed by atoms with Crippen LogP contribution in [-0.2, 0) is 12.8 Å². The molecule has 20 heavy (non-hydrogen) atoms. The Kier molecular flexibility index (Phi) is 4.50. The van der Waals surface area contributed by atoms with Crippen LogP contribution in [0.25, 0.3) is 0 Å². The summed E-state index contributed by atoms with van der Waals surface area (Å²) in [5, 5.41) is 0. The van der Waals surface area contributed by atoms with Crippen LogP contribution in [0.3, 0.4) is 0 Å². The second-order valence-corrected chi connectivity index (χ2v) is 4.86. The predicted molar refractivity (Wildman–Crippen MR) is 77.6 cm³/mol. The average molecular weight is 275 g/mol. The summed E-state index contributed by atoms with van der Waals surface area (Å²) in [7, 11) is 0. The van der Waals surface area contributed by atoms with Crippen LogP contribution in [0.2, 0.25) is 0 Å². The molecule has 0 bridgehead atoms. The predicted octanol–water partition coefficient (Wildman–Crippen LogP) is 4.14. The number of aryl methyl sites for hydroxylation is 2. The van der Waals surface area contributed by atoms with Crippen molar-refractivity contribution < 1.29 is 8.78 Å². The molecule has 3 heteroatoms. The molecule has 0 fully saturated rings. The van der Waals surface area contributed by atoms with Crippen molar-refractivity contribution in [1.29, 1.82) is 0 Å². The number of hydrogen-bond acceptors (Lipinski definition) is 1. The third-order valence-corrected chi connectivity index (χ3v) is 3.67. The Hall–Kier alpha value is -1.74. The zero-order chi connectivity index (χ0) is 14.7. The topological polar surface area (TPSA) is 26.0 Å².